The van der Waals surface area contributed by atoms with Crippen molar-refractivity contribution in [1.82, 2.24) is 0 Å². The molecule has 0 unspecified atom stereocenters. The smallest absolute Gasteiger partial charge is 0.158 e. The number of benzene rings is 2. The molecular weight excluding hydrogens is 388 g/mol. The Bertz CT molecular complexity index is 816. The molecular formula is C27H32O4. The Labute approximate surface area is 185 Å². The molecule has 164 valence electrons. The van der Waals surface area contributed by atoms with Gasteiger partial charge in [0.2, 0.25) is 0 Å². The van der Waals surface area contributed by atoms with E-state index >= 15 is 0 Å². The first-order chi connectivity index (χ1) is 14.8. The highest BCUT2D eigenvalue weighted by atomic mass is 16.5. The van der Waals surface area contributed by atoms with E-state index in [2.05, 4.69) is 37.4 Å². The minimum absolute atomic E-state index is 0.0910. The molecule has 2 rings (SSSR count). The van der Waals surface area contributed by atoms with Crippen molar-refractivity contribution in [3.05, 3.63) is 84.0 Å². The fraction of sp³-hybridized carbons (Fsp3) is 0.333. The normalized spacial score (nSPS) is 10.4. The molecule has 0 aliphatic rings. The van der Waals surface area contributed by atoms with Crippen LogP contribution in [0, 0.1) is 0 Å². The molecule has 0 amide bonds. The summed E-state index contributed by atoms with van der Waals surface area (Å²) in [6.07, 6.45) is 3.14. The third-order valence-electron chi connectivity index (χ3n) is 4.84. The molecule has 4 heteroatoms. The molecule has 0 fully saturated rings. The first kappa shape index (κ1) is 24.1. The van der Waals surface area contributed by atoms with Crippen molar-refractivity contribution in [3.63, 3.8) is 0 Å². The Morgan fingerprint density at radius 3 is 1.35 bits per heavy atom. The summed E-state index contributed by atoms with van der Waals surface area (Å²) < 4.78 is 11.4. The fourth-order valence-corrected chi connectivity index (χ4v) is 2.92. The summed E-state index contributed by atoms with van der Waals surface area (Å²) in [6.45, 7) is 11.8. The summed E-state index contributed by atoms with van der Waals surface area (Å²) in [4.78, 5) is 23.1. The number of ether oxygens (including phenoxy) is 2. The van der Waals surface area contributed by atoms with Crippen molar-refractivity contribution in [2.24, 2.45) is 0 Å². The van der Waals surface area contributed by atoms with Crippen LogP contribution in [0.25, 0.3) is 0 Å². The first-order valence-corrected chi connectivity index (χ1v) is 10.7. The van der Waals surface area contributed by atoms with Crippen LogP contribution in [-0.4, -0.2) is 24.8 Å². The number of hydrogen-bond donors (Lipinski definition) is 0. The van der Waals surface area contributed by atoms with E-state index in [-0.39, 0.29) is 11.6 Å². The SMILES string of the molecule is C=C(C)C(=O)CCCOc1ccc(Cc2ccc(OCCCC(=O)C(=C)C)cc2)cc1. The summed E-state index contributed by atoms with van der Waals surface area (Å²) >= 11 is 0. The third-order valence-corrected chi connectivity index (χ3v) is 4.84. The number of allylic oxidation sites excluding steroid dienone is 2. The van der Waals surface area contributed by atoms with E-state index in [1.165, 1.54) is 11.1 Å². The molecule has 0 N–H and O–H groups in total. The van der Waals surface area contributed by atoms with Crippen LogP contribution in [-0.2, 0) is 16.0 Å². The summed E-state index contributed by atoms with van der Waals surface area (Å²) in [5.41, 5.74) is 3.58. The molecule has 2 aromatic carbocycles. The Hall–Kier alpha value is -3.14. The molecule has 4 nitrogen and oxygen atoms in total. The van der Waals surface area contributed by atoms with Gasteiger partial charge in [0.1, 0.15) is 11.5 Å². The molecule has 0 heterocycles. The lowest BCUT2D eigenvalue weighted by atomic mass is 10.0. The fourth-order valence-electron chi connectivity index (χ4n) is 2.92. The Balaban J connectivity index is 1.72. The zero-order chi connectivity index (χ0) is 22.6. The zero-order valence-electron chi connectivity index (χ0n) is 18.6. The molecule has 0 atom stereocenters. The Kier molecular flexibility index (Phi) is 9.76. The van der Waals surface area contributed by atoms with Crippen molar-refractivity contribution >= 4 is 11.6 Å². The second kappa shape index (κ2) is 12.5. The van der Waals surface area contributed by atoms with E-state index in [9.17, 15) is 9.59 Å². The maximum atomic E-state index is 11.5. The van der Waals surface area contributed by atoms with Gasteiger partial charge in [0, 0.05) is 12.8 Å². The first-order valence-electron chi connectivity index (χ1n) is 10.7. The molecule has 31 heavy (non-hydrogen) atoms. The van der Waals surface area contributed by atoms with Gasteiger partial charge >= 0.3 is 0 Å². The topological polar surface area (TPSA) is 52.6 Å². The second-order valence-electron chi connectivity index (χ2n) is 7.78. The highest BCUT2D eigenvalue weighted by Crippen LogP contribution is 2.18. The monoisotopic (exact) mass is 420 g/mol. The number of ketones is 2. The zero-order valence-corrected chi connectivity index (χ0v) is 18.6. The largest absolute Gasteiger partial charge is 0.494 e. The van der Waals surface area contributed by atoms with E-state index in [0.29, 0.717) is 50.0 Å². The lowest BCUT2D eigenvalue weighted by molar-refractivity contribution is -0.116. The van der Waals surface area contributed by atoms with Gasteiger partial charge in [-0.3, -0.25) is 9.59 Å². The minimum atomic E-state index is 0.0910. The van der Waals surface area contributed by atoms with Crippen molar-refractivity contribution < 1.29 is 19.1 Å². The highest BCUT2D eigenvalue weighted by Gasteiger charge is 2.04. The molecule has 0 spiro atoms. The third kappa shape index (κ3) is 9.04. The summed E-state index contributed by atoms with van der Waals surface area (Å²) in [5.74, 6) is 1.79. The average molecular weight is 421 g/mol. The van der Waals surface area contributed by atoms with Gasteiger partial charge in [0.15, 0.2) is 11.6 Å². The van der Waals surface area contributed by atoms with Crippen LogP contribution in [0.3, 0.4) is 0 Å². The molecule has 0 aliphatic heterocycles. The summed E-state index contributed by atoms with van der Waals surface area (Å²) in [6, 6.07) is 16.0. The van der Waals surface area contributed by atoms with Crippen molar-refractivity contribution in [1.29, 1.82) is 0 Å². The lowest BCUT2D eigenvalue weighted by Gasteiger charge is -2.09. The van der Waals surface area contributed by atoms with Gasteiger partial charge in [-0.25, -0.2) is 0 Å². The predicted octanol–water partition coefficient (Wildman–Crippen LogP) is 5.89. The second-order valence-corrected chi connectivity index (χ2v) is 7.78. The molecule has 0 bridgehead atoms. The molecule has 0 saturated carbocycles. The summed E-state index contributed by atoms with van der Waals surface area (Å²) in [5, 5.41) is 0. The van der Waals surface area contributed by atoms with Crippen LogP contribution >= 0.6 is 0 Å². The lowest BCUT2D eigenvalue weighted by Crippen LogP contribution is -2.04. The number of hydrogen-bond acceptors (Lipinski definition) is 4. The van der Waals surface area contributed by atoms with Crippen molar-refractivity contribution in [3.8, 4) is 11.5 Å². The quantitative estimate of drug-likeness (QED) is 0.283. The van der Waals surface area contributed by atoms with Crippen molar-refractivity contribution in [2.75, 3.05) is 13.2 Å². The molecule has 0 radical (unpaired) electrons. The number of carbonyl (C=O) groups excluding carboxylic acids is 2. The summed E-state index contributed by atoms with van der Waals surface area (Å²) in [7, 11) is 0. The van der Waals surface area contributed by atoms with E-state index in [1.807, 2.05) is 24.3 Å². The van der Waals surface area contributed by atoms with Gasteiger partial charge in [-0.15, -0.1) is 0 Å². The van der Waals surface area contributed by atoms with Crippen LogP contribution in [0.2, 0.25) is 0 Å². The predicted molar refractivity (Wildman–Crippen MR) is 125 cm³/mol. The van der Waals surface area contributed by atoms with Crippen LogP contribution in [0.1, 0.15) is 50.7 Å². The minimum Gasteiger partial charge on any atom is -0.494 e. The molecule has 0 aliphatic carbocycles. The van der Waals surface area contributed by atoms with Gasteiger partial charge in [0.05, 0.1) is 13.2 Å². The standard InChI is InChI=1S/C27H32O4/c1-20(2)26(28)7-5-17-30-24-13-9-22(10-14-24)19-23-11-15-25(16-12-23)31-18-6-8-27(29)21(3)4/h9-16H,1,3,5-8,17-19H2,2,4H3. The average Bonchev–Trinajstić information content (AvgIpc) is 2.76. The van der Waals surface area contributed by atoms with Gasteiger partial charge in [-0.1, -0.05) is 37.4 Å². The number of Topliss-reactive ketones (excluding diaryl/α,β-unsaturated/α-hetero) is 2. The maximum absolute atomic E-state index is 11.5. The molecule has 0 aromatic heterocycles. The van der Waals surface area contributed by atoms with Crippen LogP contribution in [0.4, 0.5) is 0 Å². The van der Waals surface area contributed by atoms with E-state index in [1.54, 1.807) is 13.8 Å². The van der Waals surface area contributed by atoms with Gasteiger partial charge in [-0.05, 0) is 79.6 Å². The van der Waals surface area contributed by atoms with Crippen LogP contribution < -0.4 is 9.47 Å². The van der Waals surface area contributed by atoms with Crippen molar-refractivity contribution in [2.45, 2.75) is 46.0 Å². The van der Waals surface area contributed by atoms with Gasteiger partial charge in [-0.2, -0.15) is 0 Å². The van der Waals surface area contributed by atoms with Gasteiger partial charge < -0.3 is 9.47 Å². The number of rotatable bonds is 14. The van der Waals surface area contributed by atoms with E-state index < -0.39 is 0 Å². The Morgan fingerprint density at radius 2 is 1.03 bits per heavy atom. The van der Waals surface area contributed by atoms with Gasteiger partial charge in [0.25, 0.3) is 0 Å². The number of carbonyl (C=O) groups is 2. The Morgan fingerprint density at radius 1 is 0.677 bits per heavy atom. The van der Waals surface area contributed by atoms with Crippen LogP contribution in [0.5, 0.6) is 11.5 Å². The molecule has 0 saturated heterocycles. The molecule has 2 aromatic rings. The van der Waals surface area contributed by atoms with Crippen LogP contribution in [0.15, 0.2) is 72.8 Å². The van der Waals surface area contributed by atoms with E-state index in [0.717, 1.165) is 17.9 Å². The maximum Gasteiger partial charge on any atom is 0.158 e. The van der Waals surface area contributed by atoms with E-state index in [4.69, 9.17) is 9.47 Å². The highest BCUT2D eigenvalue weighted by molar-refractivity contribution is 5.94.